The number of nitrogens with one attached hydrogen (secondary N) is 1. The first-order chi connectivity index (χ1) is 11.3. The summed E-state index contributed by atoms with van der Waals surface area (Å²) in [6.45, 7) is 2.99. The number of benzene rings is 2. The second-order valence-electron chi connectivity index (χ2n) is 6.59. The summed E-state index contributed by atoms with van der Waals surface area (Å²) >= 11 is 0. The predicted molar refractivity (Wildman–Crippen MR) is 91.3 cm³/mol. The van der Waals surface area contributed by atoms with E-state index < -0.39 is 0 Å². The van der Waals surface area contributed by atoms with Gasteiger partial charge in [-0.2, -0.15) is 0 Å². The number of rotatable bonds is 1. The number of para-hydroxylation sites is 1. The number of aryl methyl sites for hydroxylation is 1. The van der Waals surface area contributed by atoms with Gasteiger partial charge in [0, 0.05) is 35.0 Å². The molecule has 1 aliphatic carbocycles. The first-order valence-electron chi connectivity index (χ1n) is 8.25. The molecule has 2 aromatic carbocycles. The van der Waals surface area contributed by atoms with Gasteiger partial charge in [0.2, 0.25) is 5.91 Å². The Morgan fingerprint density at radius 3 is 2.83 bits per heavy atom. The molecule has 1 atom stereocenters. The van der Waals surface area contributed by atoms with E-state index in [9.17, 15) is 4.79 Å². The maximum Gasteiger partial charge on any atom is 0.223 e. The molecule has 1 aromatic heterocycles. The van der Waals surface area contributed by atoms with Crippen molar-refractivity contribution < 1.29 is 4.79 Å². The van der Waals surface area contributed by atoms with E-state index in [2.05, 4.69) is 59.3 Å². The molecule has 2 heterocycles. The van der Waals surface area contributed by atoms with E-state index in [0.29, 0.717) is 6.42 Å². The van der Waals surface area contributed by atoms with E-state index in [-0.39, 0.29) is 11.9 Å². The summed E-state index contributed by atoms with van der Waals surface area (Å²) in [5, 5.41) is 1.25. The van der Waals surface area contributed by atoms with Crippen LogP contribution in [0.4, 0.5) is 0 Å². The Morgan fingerprint density at radius 2 is 2.00 bits per heavy atom. The lowest BCUT2D eigenvalue weighted by Crippen LogP contribution is -2.29. The van der Waals surface area contributed by atoms with Crippen LogP contribution in [-0.2, 0) is 4.79 Å². The van der Waals surface area contributed by atoms with Gasteiger partial charge in [-0.15, -0.1) is 0 Å². The minimum absolute atomic E-state index is 0.0618. The zero-order chi connectivity index (χ0) is 15.6. The Morgan fingerprint density at radius 1 is 1.13 bits per heavy atom. The molecule has 3 aromatic rings. The van der Waals surface area contributed by atoms with E-state index in [1.165, 1.54) is 38.9 Å². The van der Waals surface area contributed by atoms with Gasteiger partial charge in [-0.3, -0.25) is 4.79 Å². The fraction of sp³-hybridized carbons (Fsp3) is 0.250. The summed E-state index contributed by atoms with van der Waals surface area (Å²) in [4.78, 5) is 18.1. The number of H-pyrrole nitrogens is 1. The number of fused-ring (bicyclic) bond motifs is 5. The quantitative estimate of drug-likeness (QED) is 0.719. The van der Waals surface area contributed by atoms with Gasteiger partial charge in [-0.1, -0.05) is 42.5 Å². The molecule has 1 fully saturated rings. The maximum atomic E-state index is 12.4. The number of carbonyl (C=O) groups excluding carboxylic acids is 1. The van der Waals surface area contributed by atoms with Crippen LogP contribution in [-0.4, -0.2) is 22.3 Å². The number of hydrogen-bond donors (Lipinski definition) is 1. The lowest BCUT2D eigenvalue weighted by Gasteiger charge is -2.26. The molecule has 2 aliphatic rings. The number of amides is 1. The number of aromatic amines is 1. The van der Waals surface area contributed by atoms with Crippen LogP contribution in [0.25, 0.3) is 22.2 Å². The third-order valence-corrected chi connectivity index (χ3v) is 5.30. The van der Waals surface area contributed by atoms with Crippen molar-refractivity contribution >= 4 is 16.8 Å². The molecule has 1 aliphatic heterocycles. The fourth-order valence-electron chi connectivity index (χ4n) is 4.27. The van der Waals surface area contributed by atoms with Gasteiger partial charge in [0.1, 0.15) is 0 Å². The summed E-state index contributed by atoms with van der Waals surface area (Å²) in [5.74, 6) is 0.277. The highest BCUT2D eigenvalue weighted by molar-refractivity contribution is 5.98. The Kier molecular flexibility index (Phi) is 2.52. The zero-order valence-corrected chi connectivity index (χ0v) is 13.1. The first kappa shape index (κ1) is 12.9. The van der Waals surface area contributed by atoms with Crippen LogP contribution in [0.15, 0.2) is 42.5 Å². The normalized spacial score (nSPS) is 19.4. The number of nitrogens with zero attached hydrogens (tertiary/aromatic N) is 1. The Bertz CT molecular complexity index is 953. The van der Waals surface area contributed by atoms with Crippen LogP contribution < -0.4 is 0 Å². The molecule has 0 radical (unpaired) electrons. The van der Waals surface area contributed by atoms with Crippen molar-refractivity contribution in [1.82, 2.24) is 9.88 Å². The van der Waals surface area contributed by atoms with Crippen molar-refractivity contribution in [1.29, 1.82) is 0 Å². The highest BCUT2D eigenvalue weighted by atomic mass is 16.2. The second kappa shape index (κ2) is 4.48. The molecule has 23 heavy (non-hydrogen) atoms. The van der Waals surface area contributed by atoms with E-state index in [1.54, 1.807) is 0 Å². The van der Waals surface area contributed by atoms with E-state index >= 15 is 0 Å². The predicted octanol–water partition coefficient (Wildman–Crippen LogP) is 4.17. The SMILES string of the molecule is Cc1cccc2c3c([nH]c12)-c1ccccc1C3N1CCCC1=O. The van der Waals surface area contributed by atoms with Crippen LogP contribution in [0.2, 0.25) is 0 Å². The Labute approximate surface area is 134 Å². The molecular formula is C20H18N2O. The minimum Gasteiger partial charge on any atom is -0.354 e. The van der Waals surface area contributed by atoms with Gasteiger partial charge in [0.05, 0.1) is 11.7 Å². The van der Waals surface area contributed by atoms with Crippen LogP contribution in [0.3, 0.4) is 0 Å². The zero-order valence-electron chi connectivity index (χ0n) is 13.1. The smallest absolute Gasteiger partial charge is 0.223 e. The molecule has 3 heteroatoms. The van der Waals surface area contributed by atoms with Gasteiger partial charge >= 0.3 is 0 Å². The minimum atomic E-state index is 0.0618. The van der Waals surface area contributed by atoms with Crippen molar-refractivity contribution in [3.63, 3.8) is 0 Å². The number of carbonyl (C=O) groups is 1. The van der Waals surface area contributed by atoms with Gasteiger partial charge < -0.3 is 9.88 Å². The lowest BCUT2D eigenvalue weighted by molar-refractivity contribution is -0.129. The standard InChI is InChI=1S/C20H18N2O/c1-12-6-4-9-15-17-19(21-18(12)15)13-7-2-3-8-14(13)20(17)22-11-5-10-16(22)23/h2-4,6-9,20-21H,5,10-11H2,1H3. The van der Waals surface area contributed by atoms with Crippen molar-refractivity contribution in [3.8, 4) is 11.3 Å². The molecule has 3 nitrogen and oxygen atoms in total. The topological polar surface area (TPSA) is 36.1 Å². The highest BCUT2D eigenvalue weighted by Gasteiger charge is 2.39. The van der Waals surface area contributed by atoms with Crippen LogP contribution in [0.5, 0.6) is 0 Å². The molecule has 0 bridgehead atoms. The van der Waals surface area contributed by atoms with E-state index in [1.807, 2.05) is 0 Å². The van der Waals surface area contributed by atoms with Gasteiger partial charge in [-0.25, -0.2) is 0 Å². The average Bonchev–Trinajstić information content (AvgIpc) is 3.21. The largest absolute Gasteiger partial charge is 0.354 e. The summed E-state index contributed by atoms with van der Waals surface area (Å²) in [6, 6.07) is 15.0. The van der Waals surface area contributed by atoms with Gasteiger partial charge in [0.25, 0.3) is 0 Å². The monoisotopic (exact) mass is 302 g/mol. The van der Waals surface area contributed by atoms with Crippen molar-refractivity contribution in [2.45, 2.75) is 25.8 Å². The maximum absolute atomic E-state index is 12.4. The number of hydrogen-bond acceptors (Lipinski definition) is 1. The van der Waals surface area contributed by atoms with Crippen LogP contribution in [0.1, 0.15) is 35.6 Å². The summed E-state index contributed by atoms with van der Waals surface area (Å²) in [6.07, 6.45) is 1.64. The molecule has 1 N–H and O–H groups in total. The molecule has 0 saturated carbocycles. The van der Waals surface area contributed by atoms with Gasteiger partial charge in [-0.05, 0) is 24.5 Å². The molecule has 0 spiro atoms. The van der Waals surface area contributed by atoms with Crippen LogP contribution >= 0.6 is 0 Å². The molecular weight excluding hydrogens is 284 g/mol. The summed E-state index contributed by atoms with van der Waals surface area (Å²) in [7, 11) is 0. The van der Waals surface area contributed by atoms with Crippen molar-refractivity contribution in [2.75, 3.05) is 6.54 Å². The van der Waals surface area contributed by atoms with E-state index in [4.69, 9.17) is 0 Å². The third-order valence-electron chi connectivity index (χ3n) is 5.30. The molecule has 1 unspecified atom stereocenters. The first-order valence-corrected chi connectivity index (χ1v) is 8.25. The van der Waals surface area contributed by atoms with Crippen LogP contribution in [0, 0.1) is 6.92 Å². The molecule has 114 valence electrons. The molecule has 5 rings (SSSR count). The molecule has 1 saturated heterocycles. The fourth-order valence-corrected chi connectivity index (χ4v) is 4.27. The van der Waals surface area contributed by atoms with Gasteiger partial charge in [0.15, 0.2) is 0 Å². The highest BCUT2D eigenvalue weighted by Crippen LogP contribution is 2.50. The summed E-state index contributed by atoms with van der Waals surface area (Å²) < 4.78 is 0. The molecule has 1 amide bonds. The third kappa shape index (κ3) is 1.62. The summed E-state index contributed by atoms with van der Waals surface area (Å²) in [5.41, 5.74) is 7.41. The number of likely N-dealkylation sites (tertiary alicyclic amines) is 1. The van der Waals surface area contributed by atoms with E-state index in [0.717, 1.165) is 13.0 Å². The Hall–Kier alpha value is -2.55. The average molecular weight is 302 g/mol. The Balaban J connectivity index is 1.84. The second-order valence-corrected chi connectivity index (χ2v) is 6.59. The number of aromatic nitrogens is 1. The van der Waals surface area contributed by atoms with Crippen molar-refractivity contribution in [2.24, 2.45) is 0 Å². The van der Waals surface area contributed by atoms with Crippen molar-refractivity contribution in [3.05, 3.63) is 59.2 Å². The lowest BCUT2D eigenvalue weighted by atomic mass is 10.0.